The number of aliphatic hydroxyl groups is 1. The van der Waals surface area contributed by atoms with E-state index in [2.05, 4.69) is 0 Å². The summed E-state index contributed by atoms with van der Waals surface area (Å²) < 4.78 is 18.6. The molecule has 0 fully saturated rings. The Balaban J connectivity index is 2.16. The van der Waals surface area contributed by atoms with Gasteiger partial charge < -0.3 is 9.84 Å². The molecule has 0 saturated heterocycles. The lowest BCUT2D eigenvalue weighted by Gasteiger charge is -2.12. The zero-order valence-electron chi connectivity index (χ0n) is 10.1. The second-order valence-electron chi connectivity index (χ2n) is 4.09. The highest BCUT2D eigenvalue weighted by atomic mass is 19.1. The van der Waals surface area contributed by atoms with Crippen LogP contribution in [0.15, 0.2) is 48.5 Å². The Labute approximate surface area is 106 Å². The minimum Gasteiger partial charge on any atom is -0.497 e. The molecule has 0 aliphatic carbocycles. The minimum atomic E-state index is -0.849. The predicted octanol–water partition coefficient (Wildman–Crippen LogP) is 3.11. The van der Waals surface area contributed by atoms with Gasteiger partial charge in [-0.1, -0.05) is 30.3 Å². The third-order valence-electron chi connectivity index (χ3n) is 2.83. The van der Waals surface area contributed by atoms with Crippen molar-refractivity contribution in [3.8, 4) is 5.75 Å². The van der Waals surface area contributed by atoms with Crippen LogP contribution in [0.2, 0.25) is 0 Å². The fourth-order valence-corrected chi connectivity index (χ4v) is 1.88. The summed E-state index contributed by atoms with van der Waals surface area (Å²) in [5.74, 6) is 0.348. The first kappa shape index (κ1) is 12.6. The first-order chi connectivity index (χ1) is 8.70. The Hall–Kier alpha value is -1.87. The fourth-order valence-electron chi connectivity index (χ4n) is 1.88. The molecule has 0 amide bonds. The quantitative estimate of drug-likeness (QED) is 0.898. The van der Waals surface area contributed by atoms with E-state index in [4.69, 9.17) is 4.74 Å². The lowest BCUT2D eigenvalue weighted by Crippen LogP contribution is -2.04. The summed E-state index contributed by atoms with van der Waals surface area (Å²) >= 11 is 0. The molecule has 1 N–H and O–H groups in total. The molecule has 0 aliphatic rings. The Morgan fingerprint density at radius 3 is 2.67 bits per heavy atom. The molecular formula is C15H15FO2. The van der Waals surface area contributed by atoms with Crippen LogP contribution in [-0.4, -0.2) is 12.2 Å². The van der Waals surface area contributed by atoms with Crippen LogP contribution in [0, 0.1) is 5.82 Å². The van der Waals surface area contributed by atoms with Gasteiger partial charge in [-0.3, -0.25) is 0 Å². The van der Waals surface area contributed by atoms with Crippen LogP contribution in [0.25, 0.3) is 0 Å². The fraction of sp³-hybridized carbons (Fsp3) is 0.200. The summed E-state index contributed by atoms with van der Waals surface area (Å²) in [6.07, 6.45) is -0.490. The average molecular weight is 246 g/mol. The van der Waals surface area contributed by atoms with Crippen molar-refractivity contribution in [1.82, 2.24) is 0 Å². The van der Waals surface area contributed by atoms with Crippen molar-refractivity contribution in [1.29, 1.82) is 0 Å². The second-order valence-corrected chi connectivity index (χ2v) is 4.09. The van der Waals surface area contributed by atoms with Gasteiger partial charge in [0.1, 0.15) is 11.6 Å². The Morgan fingerprint density at radius 2 is 1.94 bits per heavy atom. The van der Waals surface area contributed by atoms with Gasteiger partial charge in [-0.05, 0) is 23.8 Å². The summed E-state index contributed by atoms with van der Waals surface area (Å²) in [7, 11) is 1.59. The number of hydrogen-bond donors (Lipinski definition) is 1. The third kappa shape index (κ3) is 2.87. The maximum atomic E-state index is 13.5. The monoisotopic (exact) mass is 246 g/mol. The van der Waals surface area contributed by atoms with Crippen LogP contribution >= 0.6 is 0 Å². The van der Waals surface area contributed by atoms with Gasteiger partial charge in [0, 0.05) is 12.0 Å². The molecule has 0 spiro atoms. The largest absolute Gasteiger partial charge is 0.497 e. The highest BCUT2D eigenvalue weighted by Crippen LogP contribution is 2.22. The number of aliphatic hydroxyl groups excluding tert-OH is 1. The first-order valence-electron chi connectivity index (χ1n) is 5.76. The van der Waals surface area contributed by atoms with Gasteiger partial charge >= 0.3 is 0 Å². The molecule has 1 unspecified atom stereocenters. The van der Waals surface area contributed by atoms with Crippen molar-refractivity contribution in [3.05, 3.63) is 65.5 Å². The molecule has 0 saturated carbocycles. The Kier molecular flexibility index (Phi) is 3.95. The summed E-state index contributed by atoms with van der Waals surface area (Å²) in [6, 6.07) is 13.7. The van der Waals surface area contributed by atoms with Gasteiger partial charge in [0.2, 0.25) is 0 Å². The highest BCUT2D eigenvalue weighted by Gasteiger charge is 2.12. The van der Waals surface area contributed by atoms with E-state index in [1.54, 1.807) is 25.3 Å². The normalized spacial score (nSPS) is 12.2. The maximum Gasteiger partial charge on any atom is 0.129 e. The van der Waals surface area contributed by atoms with E-state index >= 15 is 0 Å². The van der Waals surface area contributed by atoms with Gasteiger partial charge in [-0.25, -0.2) is 4.39 Å². The molecule has 0 heterocycles. The van der Waals surface area contributed by atoms with Crippen LogP contribution < -0.4 is 4.74 Å². The molecule has 2 aromatic rings. The van der Waals surface area contributed by atoms with Crippen LogP contribution in [0.5, 0.6) is 5.75 Å². The molecule has 94 valence electrons. The second kappa shape index (κ2) is 5.65. The molecule has 2 nitrogen and oxygen atoms in total. The third-order valence-corrected chi connectivity index (χ3v) is 2.83. The standard InChI is InChI=1S/C15H15FO2/c1-18-12-6-4-5-11(9-12)10-15(17)13-7-2-3-8-14(13)16/h2-9,15,17H,10H2,1H3. The lowest BCUT2D eigenvalue weighted by atomic mass is 10.0. The molecule has 0 aliphatic heterocycles. The highest BCUT2D eigenvalue weighted by molar-refractivity contribution is 5.30. The maximum absolute atomic E-state index is 13.5. The number of halogens is 1. The average Bonchev–Trinajstić information content (AvgIpc) is 2.39. The van der Waals surface area contributed by atoms with Gasteiger partial charge in [0.25, 0.3) is 0 Å². The predicted molar refractivity (Wildman–Crippen MR) is 68.1 cm³/mol. The summed E-state index contributed by atoms with van der Waals surface area (Å²) in [6.45, 7) is 0. The molecule has 0 radical (unpaired) electrons. The van der Waals surface area contributed by atoms with E-state index in [0.717, 1.165) is 11.3 Å². The van der Waals surface area contributed by atoms with Crippen molar-refractivity contribution in [2.24, 2.45) is 0 Å². The van der Waals surface area contributed by atoms with Gasteiger partial charge in [0.05, 0.1) is 13.2 Å². The molecule has 2 rings (SSSR count). The SMILES string of the molecule is COc1cccc(CC(O)c2ccccc2F)c1. The minimum absolute atomic E-state index is 0.320. The molecule has 1 atom stereocenters. The van der Waals surface area contributed by atoms with Gasteiger partial charge in [-0.15, -0.1) is 0 Å². The molecule has 3 heteroatoms. The molecule has 0 bridgehead atoms. The topological polar surface area (TPSA) is 29.5 Å². The van der Waals surface area contributed by atoms with E-state index in [1.807, 2.05) is 24.3 Å². The van der Waals surface area contributed by atoms with Crippen LogP contribution in [0.4, 0.5) is 4.39 Å². The van der Waals surface area contributed by atoms with Crippen molar-refractivity contribution >= 4 is 0 Å². The first-order valence-corrected chi connectivity index (χ1v) is 5.76. The summed E-state index contributed by atoms with van der Waals surface area (Å²) in [4.78, 5) is 0. The lowest BCUT2D eigenvalue weighted by molar-refractivity contribution is 0.173. The van der Waals surface area contributed by atoms with E-state index in [0.29, 0.717) is 12.0 Å². The number of rotatable bonds is 4. The Bertz CT molecular complexity index is 525. The number of benzene rings is 2. The van der Waals surface area contributed by atoms with Crippen molar-refractivity contribution in [2.75, 3.05) is 7.11 Å². The van der Waals surface area contributed by atoms with Crippen LogP contribution in [0.1, 0.15) is 17.2 Å². The molecule has 18 heavy (non-hydrogen) atoms. The van der Waals surface area contributed by atoms with Gasteiger partial charge in [0.15, 0.2) is 0 Å². The van der Waals surface area contributed by atoms with Crippen molar-refractivity contribution in [2.45, 2.75) is 12.5 Å². The van der Waals surface area contributed by atoms with Crippen molar-refractivity contribution in [3.63, 3.8) is 0 Å². The zero-order chi connectivity index (χ0) is 13.0. The van der Waals surface area contributed by atoms with Crippen LogP contribution in [-0.2, 0) is 6.42 Å². The van der Waals surface area contributed by atoms with E-state index in [-0.39, 0.29) is 5.82 Å². The molecule has 0 aromatic heterocycles. The number of hydrogen-bond acceptors (Lipinski definition) is 2. The van der Waals surface area contributed by atoms with Crippen LogP contribution in [0.3, 0.4) is 0 Å². The summed E-state index contributed by atoms with van der Waals surface area (Å²) in [5.41, 5.74) is 1.23. The number of ether oxygens (including phenoxy) is 1. The van der Waals surface area contributed by atoms with E-state index < -0.39 is 6.10 Å². The van der Waals surface area contributed by atoms with E-state index in [9.17, 15) is 9.50 Å². The molecular weight excluding hydrogens is 231 g/mol. The smallest absolute Gasteiger partial charge is 0.129 e. The van der Waals surface area contributed by atoms with Crippen molar-refractivity contribution < 1.29 is 14.2 Å². The summed E-state index contributed by atoms with van der Waals surface area (Å²) in [5, 5.41) is 10.0. The zero-order valence-corrected chi connectivity index (χ0v) is 10.1. The van der Waals surface area contributed by atoms with E-state index in [1.165, 1.54) is 6.07 Å². The van der Waals surface area contributed by atoms with Gasteiger partial charge in [-0.2, -0.15) is 0 Å². The Morgan fingerprint density at radius 1 is 1.17 bits per heavy atom. The molecule has 2 aromatic carbocycles. The number of methoxy groups -OCH3 is 1.